The number of hydrogen-bond donors (Lipinski definition) is 2. The van der Waals surface area contributed by atoms with E-state index in [2.05, 4.69) is 6.92 Å². The Morgan fingerprint density at radius 3 is 1.65 bits per heavy atom. The van der Waals surface area contributed by atoms with E-state index in [-0.39, 0.29) is 109 Å². The van der Waals surface area contributed by atoms with Crippen molar-refractivity contribution in [2.45, 2.75) is 96.8 Å². The standard InChI is InChI=1S/C20H36O4.2K/c1-2-3-4-5-6-7-8-9-10-11-12-13-14-15-16-18(20(23)24)17-19(21)22;;/h14-15,18H,2-13,16-17H2,1H3,(H,21,22)(H,23,24);;. The number of allylic oxidation sites excluding steroid dienone is 2. The SMILES string of the molecule is CCCCCCCCCCCCCC=CCC(CC(=O)O)C(=O)O.[K].[K]. The van der Waals surface area contributed by atoms with Crippen molar-refractivity contribution in [3.63, 3.8) is 0 Å². The number of rotatable bonds is 17. The average Bonchev–Trinajstić information content (AvgIpc) is 2.53. The van der Waals surface area contributed by atoms with Gasteiger partial charge in [-0.1, -0.05) is 83.3 Å². The molecule has 142 valence electrons. The topological polar surface area (TPSA) is 74.6 Å². The Bertz CT molecular complexity index is 360. The van der Waals surface area contributed by atoms with Crippen LogP contribution < -0.4 is 0 Å². The Labute approximate surface area is 245 Å². The first kappa shape index (κ1) is 32.6. The monoisotopic (exact) mass is 418 g/mol. The van der Waals surface area contributed by atoms with E-state index in [1.165, 1.54) is 64.2 Å². The summed E-state index contributed by atoms with van der Waals surface area (Å²) >= 11 is 0. The van der Waals surface area contributed by atoms with Crippen LogP contribution in [0.1, 0.15) is 96.8 Å². The van der Waals surface area contributed by atoms with Crippen LogP contribution in [0, 0.1) is 5.92 Å². The molecule has 2 radical (unpaired) electrons. The molecule has 1 unspecified atom stereocenters. The van der Waals surface area contributed by atoms with Crippen LogP contribution in [0.2, 0.25) is 0 Å². The second-order valence-corrected chi connectivity index (χ2v) is 6.66. The molecule has 26 heavy (non-hydrogen) atoms. The normalized spacial score (nSPS) is 11.6. The van der Waals surface area contributed by atoms with Gasteiger partial charge in [-0.05, 0) is 19.3 Å². The zero-order valence-corrected chi connectivity index (χ0v) is 23.6. The molecule has 4 nitrogen and oxygen atoms in total. The number of carboxylic acid groups (broad SMARTS) is 2. The largest absolute Gasteiger partial charge is 0.481 e. The first-order valence-corrected chi connectivity index (χ1v) is 9.67. The maximum Gasteiger partial charge on any atom is 0.307 e. The first-order valence-electron chi connectivity index (χ1n) is 9.67. The van der Waals surface area contributed by atoms with E-state index in [1.807, 2.05) is 12.2 Å². The summed E-state index contributed by atoms with van der Waals surface area (Å²) in [6.07, 6.45) is 19.2. The first-order chi connectivity index (χ1) is 11.6. The van der Waals surface area contributed by atoms with E-state index in [0.29, 0.717) is 6.42 Å². The summed E-state index contributed by atoms with van der Waals surface area (Å²) in [6.45, 7) is 2.25. The van der Waals surface area contributed by atoms with Gasteiger partial charge >= 0.3 is 11.9 Å². The molecule has 0 bridgehead atoms. The molecular weight excluding hydrogens is 382 g/mol. The van der Waals surface area contributed by atoms with Crippen molar-refractivity contribution in [1.82, 2.24) is 0 Å². The van der Waals surface area contributed by atoms with E-state index in [1.54, 1.807) is 0 Å². The fraction of sp³-hybridized carbons (Fsp3) is 0.800. The van der Waals surface area contributed by atoms with Crippen molar-refractivity contribution < 1.29 is 19.8 Å². The number of unbranched alkanes of at least 4 members (excludes halogenated alkanes) is 11. The third-order valence-corrected chi connectivity index (χ3v) is 4.33. The van der Waals surface area contributed by atoms with E-state index in [9.17, 15) is 9.59 Å². The maximum absolute atomic E-state index is 10.9. The van der Waals surface area contributed by atoms with Crippen molar-refractivity contribution in [3.8, 4) is 0 Å². The minimum Gasteiger partial charge on any atom is -0.481 e. The number of carboxylic acids is 2. The number of carbonyl (C=O) groups is 2. The second-order valence-electron chi connectivity index (χ2n) is 6.66. The summed E-state index contributed by atoms with van der Waals surface area (Å²) in [4.78, 5) is 21.5. The molecule has 0 saturated heterocycles. The molecule has 1 atom stereocenters. The van der Waals surface area contributed by atoms with Gasteiger partial charge in [0.1, 0.15) is 0 Å². The van der Waals surface area contributed by atoms with Gasteiger partial charge in [0.05, 0.1) is 12.3 Å². The zero-order valence-electron chi connectivity index (χ0n) is 17.3. The summed E-state index contributed by atoms with van der Waals surface area (Å²) in [5, 5.41) is 17.6. The molecule has 0 aromatic carbocycles. The van der Waals surface area contributed by atoms with Crippen molar-refractivity contribution in [2.75, 3.05) is 0 Å². The van der Waals surface area contributed by atoms with E-state index in [4.69, 9.17) is 10.2 Å². The van der Waals surface area contributed by atoms with Crippen LogP contribution >= 0.6 is 0 Å². The maximum atomic E-state index is 10.9. The van der Waals surface area contributed by atoms with Gasteiger partial charge in [-0.15, -0.1) is 0 Å². The summed E-state index contributed by atoms with van der Waals surface area (Å²) < 4.78 is 0. The molecule has 0 amide bonds. The molecule has 0 aliphatic heterocycles. The van der Waals surface area contributed by atoms with Crippen LogP contribution in [0.3, 0.4) is 0 Å². The van der Waals surface area contributed by atoms with Gasteiger partial charge in [0.15, 0.2) is 0 Å². The molecule has 0 spiro atoms. The molecular formula is C20H36K2O4. The molecule has 0 fully saturated rings. The van der Waals surface area contributed by atoms with Crippen molar-refractivity contribution in [1.29, 1.82) is 0 Å². The molecule has 0 saturated carbocycles. The minimum atomic E-state index is -1.05. The van der Waals surface area contributed by atoms with Crippen LogP contribution in [0.5, 0.6) is 0 Å². The molecule has 0 aliphatic rings. The molecule has 0 heterocycles. The summed E-state index contributed by atoms with van der Waals surface area (Å²) in [5.74, 6) is -2.89. The van der Waals surface area contributed by atoms with Gasteiger partial charge < -0.3 is 10.2 Å². The van der Waals surface area contributed by atoms with Gasteiger partial charge in [0.25, 0.3) is 0 Å². The Kier molecular flexibility index (Phi) is 31.3. The van der Waals surface area contributed by atoms with Gasteiger partial charge in [-0.2, -0.15) is 0 Å². The predicted octanol–water partition coefficient (Wildman–Crippen LogP) is 5.05. The quantitative estimate of drug-likeness (QED) is 0.197. The average molecular weight is 419 g/mol. The predicted molar refractivity (Wildman–Crippen MR) is 110 cm³/mol. The Morgan fingerprint density at radius 2 is 1.23 bits per heavy atom. The molecule has 0 aromatic rings. The fourth-order valence-corrected chi connectivity index (χ4v) is 2.79. The summed E-state index contributed by atoms with van der Waals surface area (Å²) in [6, 6.07) is 0. The molecule has 0 aromatic heterocycles. The smallest absolute Gasteiger partial charge is 0.307 e. The number of aliphatic carboxylic acids is 2. The van der Waals surface area contributed by atoms with Crippen LogP contribution in [0.15, 0.2) is 12.2 Å². The fourth-order valence-electron chi connectivity index (χ4n) is 2.79. The van der Waals surface area contributed by atoms with Crippen molar-refractivity contribution in [2.24, 2.45) is 5.92 Å². The molecule has 6 heteroatoms. The Morgan fingerprint density at radius 1 is 0.769 bits per heavy atom. The van der Waals surface area contributed by atoms with Crippen LogP contribution in [0.25, 0.3) is 0 Å². The van der Waals surface area contributed by atoms with Gasteiger partial charge in [-0.3, -0.25) is 9.59 Å². The molecule has 2 N–H and O–H groups in total. The Balaban J connectivity index is -0.00000264. The van der Waals surface area contributed by atoms with Crippen molar-refractivity contribution in [3.05, 3.63) is 12.2 Å². The second kappa shape index (κ2) is 25.0. The Hall–Kier alpha value is 1.95. The van der Waals surface area contributed by atoms with E-state index in [0.717, 1.165) is 12.8 Å². The molecule has 0 rings (SSSR count). The van der Waals surface area contributed by atoms with Crippen LogP contribution in [-0.2, 0) is 9.59 Å². The molecule has 0 aliphatic carbocycles. The van der Waals surface area contributed by atoms with Crippen LogP contribution in [-0.4, -0.2) is 125 Å². The summed E-state index contributed by atoms with van der Waals surface area (Å²) in [5.41, 5.74) is 0. The zero-order chi connectivity index (χ0) is 18.0. The number of hydrogen-bond acceptors (Lipinski definition) is 2. The van der Waals surface area contributed by atoms with E-state index < -0.39 is 17.9 Å². The van der Waals surface area contributed by atoms with Gasteiger partial charge in [0, 0.05) is 103 Å². The van der Waals surface area contributed by atoms with Gasteiger partial charge in [0.2, 0.25) is 0 Å². The van der Waals surface area contributed by atoms with E-state index >= 15 is 0 Å². The van der Waals surface area contributed by atoms with Gasteiger partial charge in [-0.25, -0.2) is 0 Å². The minimum absolute atomic E-state index is 0. The van der Waals surface area contributed by atoms with Crippen molar-refractivity contribution >= 4 is 115 Å². The van der Waals surface area contributed by atoms with Crippen LogP contribution in [0.4, 0.5) is 0 Å². The third kappa shape index (κ3) is 24.0. The third-order valence-electron chi connectivity index (χ3n) is 4.33. The summed E-state index contributed by atoms with van der Waals surface area (Å²) in [7, 11) is 0.